The zero-order valence-electron chi connectivity index (χ0n) is 13.1. The lowest BCUT2D eigenvalue weighted by Crippen LogP contribution is -2.25. The van der Waals surface area contributed by atoms with Gasteiger partial charge in [-0.05, 0) is 19.1 Å². The minimum atomic E-state index is 0.171. The number of para-hydroxylation sites is 2. The zero-order chi connectivity index (χ0) is 14.4. The zero-order valence-corrected chi connectivity index (χ0v) is 13.1. The summed E-state index contributed by atoms with van der Waals surface area (Å²) in [4.78, 5) is 0. The SMILES string of the molecule is CC.CC.CC1COc2ccccc2O1.CCC. The fraction of sp³-hybridized carbons (Fsp3) is 0.625. The van der Waals surface area contributed by atoms with Crippen molar-refractivity contribution in [3.05, 3.63) is 24.3 Å². The molecule has 0 amide bonds. The van der Waals surface area contributed by atoms with Gasteiger partial charge in [0.15, 0.2) is 11.5 Å². The van der Waals surface area contributed by atoms with Gasteiger partial charge in [0.25, 0.3) is 0 Å². The first kappa shape index (κ1) is 19.2. The Bertz CT molecular complexity index is 272. The van der Waals surface area contributed by atoms with E-state index in [2.05, 4.69) is 13.8 Å². The Hall–Kier alpha value is -1.18. The Morgan fingerprint density at radius 2 is 1.44 bits per heavy atom. The maximum Gasteiger partial charge on any atom is 0.161 e. The molecule has 2 heteroatoms. The van der Waals surface area contributed by atoms with E-state index in [4.69, 9.17) is 9.47 Å². The van der Waals surface area contributed by atoms with E-state index in [0.29, 0.717) is 6.61 Å². The summed E-state index contributed by atoms with van der Waals surface area (Å²) in [6.45, 7) is 14.9. The van der Waals surface area contributed by atoms with Gasteiger partial charge < -0.3 is 9.47 Å². The first-order valence-electron chi connectivity index (χ1n) is 7.16. The van der Waals surface area contributed by atoms with Crippen molar-refractivity contribution in [2.24, 2.45) is 0 Å². The Kier molecular flexibility index (Phi) is 14.8. The van der Waals surface area contributed by atoms with E-state index < -0.39 is 0 Å². The summed E-state index contributed by atoms with van der Waals surface area (Å²) < 4.78 is 10.9. The van der Waals surface area contributed by atoms with E-state index in [0.717, 1.165) is 11.5 Å². The third kappa shape index (κ3) is 7.99. The third-order valence-electron chi connectivity index (χ3n) is 1.65. The summed E-state index contributed by atoms with van der Waals surface area (Å²) in [5.74, 6) is 1.71. The molecule has 1 aromatic rings. The molecule has 1 heterocycles. The first-order chi connectivity index (χ1) is 8.77. The van der Waals surface area contributed by atoms with Crippen LogP contribution < -0.4 is 9.47 Å². The predicted molar refractivity (Wildman–Crippen MR) is 80.7 cm³/mol. The first-order valence-corrected chi connectivity index (χ1v) is 7.16. The molecule has 1 atom stereocenters. The van der Waals surface area contributed by atoms with Gasteiger partial charge in [0.1, 0.15) is 12.7 Å². The van der Waals surface area contributed by atoms with E-state index in [1.807, 2.05) is 58.9 Å². The van der Waals surface area contributed by atoms with Crippen molar-refractivity contribution < 1.29 is 9.47 Å². The Labute approximate surface area is 113 Å². The van der Waals surface area contributed by atoms with E-state index in [1.165, 1.54) is 6.42 Å². The number of hydrogen-bond acceptors (Lipinski definition) is 2. The van der Waals surface area contributed by atoms with Gasteiger partial charge in [-0.3, -0.25) is 0 Å². The molecule has 1 aliphatic heterocycles. The van der Waals surface area contributed by atoms with E-state index in [9.17, 15) is 0 Å². The predicted octanol–water partition coefficient (Wildman–Crippen LogP) is 5.32. The molecule has 1 aromatic carbocycles. The van der Waals surface area contributed by atoms with Crippen LogP contribution in [-0.2, 0) is 0 Å². The molecule has 0 saturated heterocycles. The second-order valence-electron chi connectivity index (χ2n) is 3.39. The molecule has 0 aromatic heterocycles. The smallest absolute Gasteiger partial charge is 0.161 e. The van der Waals surface area contributed by atoms with Crippen molar-refractivity contribution >= 4 is 0 Å². The van der Waals surface area contributed by atoms with Crippen LogP contribution >= 0.6 is 0 Å². The molecule has 0 aliphatic carbocycles. The molecule has 2 nitrogen and oxygen atoms in total. The van der Waals surface area contributed by atoms with Crippen LogP contribution in [0.4, 0.5) is 0 Å². The van der Waals surface area contributed by atoms with Gasteiger partial charge >= 0.3 is 0 Å². The van der Waals surface area contributed by atoms with Gasteiger partial charge in [0.05, 0.1) is 0 Å². The van der Waals surface area contributed by atoms with Crippen LogP contribution in [0.5, 0.6) is 11.5 Å². The van der Waals surface area contributed by atoms with Crippen LogP contribution in [0.1, 0.15) is 54.9 Å². The average molecular weight is 254 g/mol. The van der Waals surface area contributed by atoms with Crippen LogP contribution in [-0.4, -0.2) is 12.7 Å². The highest BCUT2D eigenvalue weighted by molar-refractivity contribution is 5.40. The summed E-state index contributed by atoms with van der Waals surface area (Å²) in [6, 6.07) is 7.73. The quantitative estimate of drug-likeness (QED) is 0.624. The van der Waals surface area contributed by atoms with Crippen LogP contribution in [0.2, 0.25) is 0 Å². The molecule has 2 rings (SSSR count). The number of benzene rings is 1. The fourth-order valence-corrected chi connectivity index (χ4v) is 1.12. The third-order valence-corrected chi connectivity index (χ3v) is 1.65. The molecule has 0 spiro atoms. The standard InChI is InChI=1S/C9H10O2.C3H8.2C2H6/c1-7-6-10-8-4-2-3-5-9(8)11-7;1-3-2;2*1-2/h2-5,7H,6H2,1H3;3H2,1-2H3;2*1-2H3. The Balaban J connectivity index is 0. The van der Waals surface area contributed by atoms with Crippen molar-refractivity contribution in [3.8, 4) is 11.5 Å². The summed E-state index contributed by atoms with van der Waals surface area (Å²) in [5.41, 5.74) is 0. The maximum atomic E-state index is 5.51. The van der Waals surface area contributed by atoms with Crippen molar-refractivity contribution in [2.75, 3.05) is 6.61 Å². The van der Waals surface area contributed by atoms with Crippen LogP contribution in [0.15, 0.2) is 24.3 Å². The molecule has 0 saturated carbocycles. The lowest BCUT2D eigenvalue weighted by Gasteiger charge is -2.23. The van der Waals surface area contributed by atoms with E-state index in [1.54, 1.807) is 0 Å². The lowest BCUT2D eigenvalue weighted by molar-refractivity contribution is 0.104. The van der Waals surface area contributed by atoms with Crippen molar-refractivity contribution in [1.82, 2.24) is 0 Å². The number of ether oxygens (including phenoxy) is 2. The van der Waals surface area contributed by atoms with E-state index >= 15 is 0 Å². The summed E-state index contributed by atoms with van der Waals surface area (Å²) in [5, 5.41) is 0. The minimum absolute atomic E-state index is 0.171. The molecular weight excluding hydrogens is 224 g/mol. The Morgan fingerprint density at radius 3 is 1.94 bits per heavy atom. The highest BCUT2D eigenvalue weighted by Crippen LogP contribution is 2.30. The summed E-state index contributed by atoms with van der Waals surface area (Å²) in [7, 11) is 0. The molecule has 0 bridgehead atoms. The maximum absolute atomic E-state index is 5.51. The molecule has 106 valence electrons. The average Bonchev–Trinajstić information content (AvgIpc) is 2.44. The van der Waals surface area contributed by atoms with Crippen LogP contribution in [0, 0.1) is 0 Å². The number of rotatable bonds is 0. The van der Waals surface area contributed by atoms with Gasteiger partial charge in [-0.2, -0.15) is 0 Å². The lowest BCUT2D eigenvalue weighted by atomic mass is 10.3. The van der Waals surface area contributed by atoms with Gasteiger partial charge in [-0.1, -0.05) is 60.1 Å². The fourth-order valence-electron chi connectivity index (χ4n) is 1.12. The molecule has 0 radical (unpaired) electrons. The van der Waals surface area contributed by atoms with Crippen LogP contribution in [0.25, 0.3) is 0 Å². The highest BCUT2D eigenvalue weighted by atomic mass is 16.6. The highest BCUT2D eigenvalue weighted by Gasteiger charge is 2.15. The van der Waals surface area contributed by atoms with Gasteiger partial charge in [-0.25, -0.2) is 0 Å². The van der Waals surface area contributed by atoms with Crippen LogP contribution in [0.3, 0.4) is 0 Å². The van der Waals surface area contributed by atoms with Crippen molar-refractivity contribution in [1.29, 1.82) is 0 Å². The van der Waals surface area contributed by atoms with Crippen molar-refractivity contribution in [3.63, 3.8) is 0 Å². The van der Waals surface area contributed by atoms with Gasteiger partial charge in [-0.15, -0.1) is 0 Å². The molecule has 0 N–H and O–H groups in total. The number of hydrogen-bond donors (Lipinski definition) is 0. The topological polar surface area (TPSA) is 18.5 Å². The molecule has 0 fully saturated rings. The molecule has 18 heavy (non-hydrogen) atoms. The molecule has 1 aliphatic rings. The van der Waals surface area contributed by atoms with Gasteiger partial charge in [0, 0.05) is 0 Å². The monoisotopic (exact) mass is 254 g/mol. The summed E-state index contributed by atoms with van der Waals surface area (Å²) in [6.07, 6.45) is 1.42. The normalized spacial score (nSPS) is 14.7. The minimum Gasteiger partial charge on any atom is -0.486 e. The largest absolute Gasteiger partial charge is 0.486 e. The van der Waals surface area contributed by atoms with Gasteiger partial charge in [0.2, 0.25) is 0 Å². The second-order valence-corrected chi connectivity index (χ2v) is 3.39. The summed E-state index contributed by atoms with van der Waals surface area (Å²) >= 11 is 0. The van der Waals surface area contributed by atoms with E-state index in [-0.39, 0.29) is 6.10 Å². The molecular formula is C16H30O2. The Morgan fingerprint density at radius 1 is 1.00 bits per heavy atom. The molecule has 1 unspecified atom stereocenters. The number of fused-ring (bicyclic) bond motifs is 1. The van der Waals surface area contributed by atoms with Crippen molar-refractivity contribution in [2.45, 2.75) is 61.0 Å². The second kappa shape index (κ2) is 13.9.